The third kappa shape index (κ3) is 6.00. The second-order valence-electron chi connectivity index (χ2n) is 10.2. The molecule has 0 atom stereocenters. The van der Waals surface area contributed by atoms with Crippen molar-refractivity contribution in [2.45, 2.75) is 26.3 Å². The van der Waals surface area contributed by atoms with Crippen molar-refractivity contribution in [2.75, 3.05) is 10.6 Å². The van der Waals surface area contributed by atoms with Gasteiger partial charge in [0.15, 0.2) is 0 Å². The minimum atomic E-state index is -0.421. The lowest BCUT2D eigenvalue weighted by Crippen LogP contribution is -2.22. The van der Waals surface area contributed by atoms with Crippen molar-refractivity contribution < 1.29 is 9.53 Å². The lowest BCUT2D eigenvalue weighted by atomic mass is 10.1. The van der Waals surface area contributed by atoms with Crippen LogP contribution in [0.1, 0.15) is 26.3 Å². The van der Waals surface area contributed by atoms with Gasteiger partial charge < -0.3 is 15.4 Å². The van der Waals surface area contributed by atoms with E-state index in [1.54, 1.807) is 76.5 Å². The zero-order valence-electron chi connectivity index (χ0n) is 22.6. The van der Waals surface area contributed by atoms with Gasteiger partial charge in [-0.2, -0.15) is 15.5 Å². The number of ether oxygens (including phenoxy) is 1. The molecule has 0 radical (unpaired) electrons. The molecule has 200 valence electrons. The summed E-state index contributed by atoms with van der Waals surface area (Å²) in [4.78, 5) is 17.3. The Kier molecular flexibility index (Phi) is 7.03. The number of aryl methyl sites for hydroxylation is 1. The number of urea groups is 1. The maximum Gasteiger partial charge on any atom is 0.323 e. The fraction of sp³-hybridized carbons (Fsp3) is 0.167. The highest BCUT2D eigenvalue weighted by Gasteiger charge is 2.20. The van der Waals surface area contributed by atoms with Crippen LogP contribution in [0.4, 0.5) is 16.2 Å². The molecule has 40 heavy (non-hydrogen) atoms. The predicted molar refractivity (Wildman–Crippen MR) is 153 cm³/mol. The van der Waals surface area contributed by atoms with E-state index in [1.807, 2.05) is 46.1 Å². The van der Waals surface area contributed by atoms with Gasteiger partial charge in [-0.25, -0.2) is 4.79 Å². The highest BCUT2D eigenvalue weighted by molar-refractivity contribution is 6.01. The average Bonchev–Trinajstić information content (AvgIpc) is 3.56. The first-order chi connectivity index (χ1) is 19.2. The molecule has 0 bridgehead atoms. The van der Waals surface area contributed by atoms with Crippen molar-refractivity contribution in [3.63, 3.8) is 0 Å². The fourth-order valence-electron chi connectivity index (χ4n) is 3.97. The fourth-order valence-corrected chi connectivity index (χ4v) is 3.97. The Bertz CT molecular complexity index is 1700. The third-order valence-corrected chi connectivity index (χ3v) is 5.99. The van der Waals surface area contributed by atoms with Crippen molar-refractivity contribution in [2.24, 2.45) is 7.05 Å². The smallest absolute Gasteiger partial charge is 0.323 e. The molecule has 10 nitrogen and oxygen atoms in total. The number of nitrogens with zero attached hydrogens (tertiary/aromatic N) is 6. The quantitative estimate of drug-likeness (QED) is 0.261. The van der Waals surface area contributed by atoms with Crippen LogP contribution in [-0.4, -0.2) is 30.6 Å². The summed E-state index contributed by atoms with van der Waals surface area (Å²) in [6.45, 7) is 6.07. The number of pyridine rings is 1. The monoisotopic (exact) mass is 532 g/mol. The average molecular weight is 533 g/mol. The van der Waals surface area contributed by atoms with Gasteiger partial charge in [-0.05, 0) is 63.2 Å². The van der Waals surface area contributed by atoms with E-state index in [-0.39, 0.29) is 5.54 Å². The van der Waals surface area contributed by atoms with Gasteiger partial charge in [-0.3, -0.25) is 14.3 Å². The number of carbonyl (C=O) groups excluding carboxylic acids is 1. The maximum absolute atomic E-state index is 12.9. The Balaban J connectivity index is 1.28. The molecule has 5 rings (SSSR count). The van der Waals surface area contributed by atoms with E-state index in [2.05, 4.69) is 26.8 Å². The predicted octanol–water partition coefficient (Wildman–Crippen LogP) is 6.41. The summed E-state index contributed by atoms with van der Waals surface area (Å²) >= 11 is 0. The van der Waals surface area contributed by atoms with Crippen molar-refractivity contribution in [1.82, 2.24) is 24.5 Å². The molecule has 0 aliphatic heterocycles. The van der Waals surface area contributed by atoms with Gasteiger partial charge in [0.05, 0.1) is 34.7 Å². The summed E-state index contributed by atoms with van der Waals surface area (Å²) in [5, 5.41) is 24.0. The molecular weight excluding hydrogens is 504 g/mol. The summed E-state index contributed by atoms with van der Waals surface area (Å²) in [6, 6.07) is 19.5. The van der Waals surface area contributed by atoms with Crippen molar-refractivity contribution in [3.05, 3.63) is 91.0 Å². The largest absolute Gasteiger partial charge is 0.457 e. The molecule has 2 N–H and O–H groups in total. The van der Waals surface area contributed by atoms with Gasteiger partial charge in [0.2, 0.25) is 0 Å². The Morgan fingerprint density at radius 1 is 0.975 bits per heavy atom. The van der Waals surface area contributed by atoms with Gasteiger partial charge in [0.25, 0.3) is 0 Å². The molecule has 2 amide bonds. The number of aromatic nitrogens is 5. The number of nitriles is 1. The van der Waals surface area contributed by atoms with Crippen LogP contribution in [0.25, 0.3) is 22.5 Å². The molecular formula is C30H28N8O2. The van der Waals surface area contributed by atoms with E-state index < -0.39 is 6.03 Å². The summed E-state index contributed by atoms with van der Waals surface area (Å²) in [5.41, 5.74) is 4.30. The van der Waals surface area contributed by atoms with Gasteiger partial charge in [0, 0.05) is 48.5 Å². The number of hydrogen-bond donors (Lipinski definition) is 2. The van der Waals surface area contributed by atoms with Crippen LogP contribution in [-0.2, 0) is 12.6 Å². The zero-order valence-corrected chi connectivity index (χ0v) is 22.6. The highest BCUT2D eigenvalue weighted by Crippen LogP contribution is 2.30. The molecule has 3 aromatic heterocycles. The number of amides is 2. The molecule has 2 aromatic carbocycles. The molecule has 0 aliphatic carbocycles. The first-order valence-corrected chi connectivity index (χ1v) is 12.6. The summed E-state index contributed by atoms with van der Waals surface area (Å²) in [7, 11) is 1.85. The van der Waals surface area contributed by atoms with Crippen LogP contribution in [0, 0.1) is 11.3 Å². The zero-order chi connectivity index (χ0) is 28.3. The number of hydrogen-bond acceptors (Lipinski definition) is 6. The third-order valence-electron chi connectivity index (χ3n) is 5.99. The summed E-state index contributed by atoms with van der Waals surface area (Å²) in [6.07, 6.45) is 7.11. The van der Waals surface area contributed by atoms with E-state index in [1.165, 1.54) is 0 Å². The molecule has 0 saturated carbocycles. The molecule has 0 aliphatic rings. The second kappa shape index (κ2) is 10.7. The highest BCUT2D eigenvalue weighted by atomic mass is 16.5. The molecule has 3 heterocycles. The van der Waals surface area contributed by atoms with Gasteiger partial charge >= 0.3 is 6.03 Å². The van der Waals surface area contributed by atoms with Crippen LogP contribution < -0.4 is 15.4 Å². The van der Waals surface area contributed by atoms with Crippen LogP contribution >= 0.6 is 0 Å². The summed E-state index contributed by atoms with van der Waals surface area (Å²) in [5.74, 6) is 1.25. The number of nitrogens with one attached hydrogen (secondary N) is 2. The Labute approximate surface area is 231 Å². The van der Waals surface area contributed by atoms with Gasteiger partial charge in [0.1, 0.15) is 17.2 Å². The molecule has 0 spiro atoms. The van der Waals surface area contributed by atoms with Crippen LogP contribution in [0.15, 0.2) is 85.5 Å². The molecule has 10 heteroatoms. The molecule has 0 saturated heterocycles. The minimum Gasteiger partial charge on any atom is -0.457 e. The topological polar surface area (TPSA) is 123 Å². The van der Waals surface area contributed by atoms with Crippen LogP contribution in [0.2, 0.25) is 0 Å². The number of anilines is 2. The van der Waals surface area contributed by atoms with E-state index >= 15 is 0 Å². The van der Waals surface area contributed by atoms with Crippen LogP contribution in [0.3, 0.4) is 0 Å². The lowest BCUT2D eigenvalue weighted by molar-refractivity contribution is 0.262. The SMILES string of the molecule is Cn1cc(-c2cc(Oc3ccc(NC(=O)Nc4cn(C(C)(C)C)nc4-c4cccc(C#N)c4)cc3)ccn2)cn1. The van der Waals surface area contributed by atoms with Crippen molar-refractivity contribution in [3.8, 4) is 40.1 Å². The van der Waals surface area contributed by atoms with E-state index in [9.17, 15) is 10.1 Å². The summed E-state index contributed by atoms with van der Waals surface area (Å²) < 4.78 is 9.50. The van der Waals surface area contributed by atoms with Crippen molar-refractivity contribution >= 4 is 17.4 Å². The van der Waals surface area contributed by atoms with Crippen molar-refractivity contribution in [1.29, 1.82) is 5.26 Å². The van der Waals surface area contributed by atoms with E-state index in [4.69, 9.17) is 9.84 Å². The van der Waals surface area contributed by atoms with Crippen LogP contribution in [0.5, 0.6) is 11.5 Å². The first-order valence-electron chi connectivity index (χ1n) is 12.6. The van der Waals surface area contributed by atoms with E-state index in [0.29, 0.717) is 34.1 Å². The first kappa shape index (κ1) is 26.2. The van der Waals surface area contributed by atoms with Gasteiger partial charge in [-0.1, -0.05) is 12.1 Å². The number of benzene rings is 2. The molecule has 0 fully saturated rings. The number of carbonyl (C=O) groups is 1. The number of rotatable bonds is 6. The van der Waals surface area contributed by atoms with E-state index in [0.717, 1.165) is 16.8 Å². The standard InChI is InChI=1S/C30H28N8O2/c1-30(2,3)38-19-27(28(36-38)21-7-5-6-20(14-21)16-31)35-29(39)34-23-8-10-24(11-9-23)40-25-12-13-32-26(15-25)22-17-33-37(4)18-22/h5-15,17-19H,1-4H3,(H2,34,35,39). The lowest BCUT2D eigenvalue weighted by Gasteiger charge is -2.18. The maximum atomic E-state index is 12.9. The molecule has 5 aromatic rings. The second-order valence-corrected chi connectivity index (χ2v) is 10.2. The molecule has 0 unspecified atom stereocenters. The Morgan fingerprint density at radius 3 is 2.48 bits per heavy atom. The Morgan fingerprint density at radius 2 is 1.77 bits per heavy atom. The normalized spacial score (nSPS) is 11.1. The Hall–Kier alpha value is -5.43. The minimum absolute atomic E-state index is 0.304. The van der Waals surface area contributed by atoms with Gasteiger partial charge in [-0.15, -0.1) is 0 Å².